The summed E-state index contributed by atoms with van der Waals surface area (Å²) in [6.45, 7) is 4.81. The Hall–Kier alpha value is -1.45. The first-order valence-electron chi connectivity index (χ1n) is 4.24. The fourth-order valence-electron chi connectivity index (χ4n) is 0.893. The van der Waals surface area contributed by atoms with E-state index in [1.165, 1.54) is 0 Å². The minimum absolute atomic E-state index is 0.388. The average molecular weight is 181 g/mol. The van der Waals surface area contributed by atoms with Crippen molar-refractivity contribution in [1.82, 2.24) is 4.98 Å². The fourth-order valence-corrected chi connectivity index (χ4v) is 0.893. The number of hydrogen-bond donors (Lipinski definition) is 2. The highest BCUT2D eigenvalue weighted by atomic mass is 16.5. The van der Waals surface area contributed by atoms with Crippen LogP contribution in [0.2, 0.25) is 0 Å². The molecule has 0 spiro atoms. The number of nitrogens with two attached hydrogens (primary N) is 2. The van der Waals surface area contributed by atoms with E-state index in [1.807, 2.05) is 0 Å². The highest BCUT2D eigenvalue weighted by Gasteiger charge is 2.00. The van der Waals surface area contributed by atoms with Gasteiger partial charge in [-0.25, -0.2) is 4.98 Å². The molecule has 0 fully saturated rings. The fraction of sp³-hybridized carbons (Fsp3) is 0.444. The molecule has 1 aromatic heterocycles. The molecule has 0 amide bonds. The van der Waals surface area contributed by atoms with Gasteiger partial charge in [0.1, 0.15) is 17.4 Å². The lowest BCUT2D eigenvalue weighted by molar-refractivity contribution is 0.271. The summed E-state index contributed by atoms with van der Waals surface area (Å²) < 4.78 is 5.43. The summed E-state index contributed by atoms with van der Waals surface area (Å²) in [5, 5.41) is 0. The van der Waals surface area contributed by atoms with E-state index >= 15 is 0 Å². The molecule has 0 unspecified atom stereocenters. The van der Waals surface area contributed by atoms with E-state index in [1.54, 1.807) is 12.1 Å². The standard InChI is InChI=1S/C9H15N3O/c1-6(2)5-13-7-3-8(10)12-9(11)4-7/h3-4,6H,5H2,1-2H3,(H4,10,11,12). The van der Waals surface area contributed by atoms with E-state index in [0.717, 1.165) is 0 Å². The summed E-state index contributed by atoms with van der Waals surface area (Å²) in [6, 6.07) is 3.33. The van der Waals surface area contributed by atoms with Gasteiger partial charge >= 0.3 is 0 Å². The van der Waals surface area contributed by atoms with Crippen LogP contribution < -0.4 is 16.2 Å². The van der Waals surface area contributed by atoms with Crippen molar-refractivity contribution in [3.8, 4) is 5.75 Å². The highest BCUT2D eigenvalue weighted by molar-refractivity contribution is 5.46. The maximum Gasteiger partial charge on any atom is 0.129 e. The predicted octanol–water partition coefficient (Wildman–Crippen LogP) is 1.28. The third kappa shape index (κ3) is 3.19. The number of hydrogen-bond acceptors (Lipinski definition) is 4. The Labute approximate surface area is 77.9 Å². The zero-order chi connectivity index (χ0) is 9.84. The molecule has 0 aliphatic rings. The molecule has 0 saturated heterocycles. The topological polar surface area (TPSA) is 74.2 Å². The quantitative estimate of drug-likeness (QED) is 0.736. The molecule has 0 radical (unpaired) electrons. The van der Waals surface area contributed by atoms with Crippen molar-refractivity contribution in [2.75, 3.05) is 18.1 Å². The molecule has 4 nitrogen and oxygen atoms in total. The van der Waals surface area contributed by atoms with Crippen LogP contribution in [0, 0.1) is 5.92 Å². The highest BCUT2D eigenvalue weighted by Crippen LogP contribution is 2.17. The molecule has 4 N–H and O–H groups in total. The van der Waals surface area contributed by atoms with Gasteiger partial charge in [-0.15, -0.1) is 0 Å². The molecule has 0 bridgehead atoms. The van der Waals surface area contributed by atoms with Gasteiger partial charge in [0.05, 0.1) is 6.61 Å². The molecule has 0 aliphatic carbocycles. The number of nitrogens with zero attached hydrogens (tertiary/aromatic N) is 1. The SMILES string of the molecule is CC(C)COc1cc(N)nc(N)c1. The van der Waals surface area contributed by atoms with Crippen LogP contribution in [0.1, 0.15) is 13.8 Å². The molecule has 0 atom stereocenters. The van der Waals surface area contributed by atoms with Crippen molar-refractivity contribution in [2.45, 2.75) is 13.8 Å². The Kier molecular flexibility index (Phi) is 2.95. The van der Waals surface area contributed by atoms with Crippen LogP contribution in [0.25, 0.3) is 0 Å². The van der Waals surface area contributed by atoms with E-state index in [0.29, 0.717) is 29.9 Å². The normalized spacial score (nSPS) is 10.4. The number of nitrogen functional groups attached to an aromatic ring is 2. The number of ether oxygens (including phenoxy) is 1. The van der Waals surface area contributed by atoms with Crippen molar-refractivity contribution in [3.05, 3.63) is 12.1 Å². The van der Waals surface area contributed by atoms with Crippen molar-refractivity contribution in [3.63, 3.8) is 0 Å². The van der Waals surface area contributed by atoms with Crippen LogP contribution in [0.5, 0.6) is 5.75 Å². The van der Waals surface area contributed by atoms with Gasteiger partial charge in [-0.3, -0.25) is 0 Å². The van der Waals surface area contributed by atoms with Gasteiger partial charge in [-0.1, -0.05) is 13.8 Å². The minimum Gasteiger partial charge on any atom is -0.493 e. The molecule has 72 valence electrons. The lowest BCUT2D eigenvalue weighted by atomic mass is 10.2. The average Bonchev–Trinajstić information content (AvgIpc) is 1.99. The number of rotatable bonds is 3. The smallest absolute Gasteiger partial charge is 0.129 e. The Morgan fingerprint density at radius 3 is 2.31 bits per heavy atom. The first-order valence-corrected chi connectivity index (χ1v) is 4.24. The minimum atomic E-state index is 0.388. The van der Waals surface area contributed by atoms with Crippen molar-refractivity contribution >= 4 is 11.6 Å². The predicted molar refractivity (Wildman–Crippen MR) is 53.4 cm³/mol. The van der Waals surface area contributed by atoms with Gasteiger partial charge in [-0.05, 0) is 5.92 Å². The first-order chi connectivity index (χ1) is 6.08. The molecular formula is C9H15N3O. The van der Waals surface area contributed by atoms with Gasteiger partial charge < -0.3 is 16.2 Å². The molecule has 0 aromatic carbocycles. The summed E-state index contributed by atoms with van der Waals surface area (Å²) in [6.07, 6.45) is 0. The van der Waals surface area contributed by atoms with Gasteiger partial charge in [0.15, 0.2) is 0 Å². The molecule has 1 heterocycles. The first kappa shape index (κ1) is 9.64. The van der Waals surface area contributed by atoms with Crippen LogP contribution in [-0.4, -0.2) is 11.6 Å². The molecule has 0 aliphatic heterocycles. The summed E-state index contributed by atoms with van der Waals surface area (Å²) in [5.41, 5.74) is 11.0. The van der Waals surface area contributed by atoms with E-state index in [-0.39, 0.29) is 0 Å². The van der Waals surface area contributed by atoms with Gasteiger partial charge in [0, 0.05) is 12.1 Å². The summed E-state index contributed by atoms with van der Waals surface area (Å²) in [4.78, 5) is 3.84. The van der Waals surface area contributed by atoms with Crippen molar-refractivity contribution < 1.29 is 4.74 Å². The lowest BCUT2D eigenvalue weighted by Gasteiger charge is -2.09. The molecule has 13 heavy (non-hydrogen) atoms. The van der Waals surface area contributed by atoms with Gasteiger partial charge in [0.2, 0.25) is 0 Å². The van der Waals surface area contributed by atoms with E-state index in [4.69, 9.17) is 16.2 Å². The van der Waals surface area contributed by atoms with Gasteiger partial charge in [0.25, 0.3) is 0 Å². The van der Waals surface area contributed by atoms with Crippen LogP contribution in [0.4, 0.5) is 11.6 Å². The van der Waals surface area contributed by atoms with Crippen molar-refractivity contribution in [2.24, 2.45) is 5.92 Å². The summed E-state index contributed by atoms with van der Waals surface area (Å²) >= 11 is 0. The Morgan fingerprint density at radius 1 is 1.31 bits per heavy atom. The second-order valence-corrected chi connectivity index (χ2v) is 3.36. The third-order valence-corrected chi connectivity index (χ3v) is 1.42. The second-order valence-electron chi connectivity index (χ2n) is 3.36. The summed E-state index contributed by atoms with van der Waals surface area (Å²) in [5.74, 6) is 1.94. The molecule has 4 heteroatoms. The zero-order valence-electron chi connectivity index (χ0n) is 7.95. The van der Waals surface area contributed by atoms with Crippen LogP contribution in [0.15, 0.2) is 12.1 Å². The Bertz CT molecular complexity index is 266. The number of aromatic nitrogens is 1. The molecule has 1 rings (SSSR count). The van der Waals surface area contributed by atoms with Gasteiger partial charge in [-0.2, -0.15) is 0 Å². The lowest BCUT2D eigenvalue weighted by Crippen LogP contribution is -2.06. The largest absolute Gasteiger partial charge is 0.493 e. The monoisotopic (exact) mass is 181 g/mol. The maximum atomic E-state index is 5.49. The molecule has 0 saturated carbocycles. The Balaban J connectivity index is 2.66. The van der Waals surface area contributed by atoms with Crippen LogP contribution >= 0.6 is 0 Å². The summed E-state index contributed by atoms with van der Waals surface area (Å²) in [7, 11) is 0. The van der Waals surface area contributed by atoms with E-state index in [9.17, 15) is 0 Å². The Morgan fingerprint density at radius 2 is 1.85 bits per heavy atom. The number of anilines is 2. The van der Waals surface area contributed by atoms with E-state index in [2.05, 4.69) is 18.8 Å². The molecular weight excluding hydrogens is 166 g/mol. The van der Waals surface area contributed by atoms with Crippen LogP contribution in [0.3, 0.4) is 0 Å². The second kappa shape index (κ2) is 3.98. The zero-order valence-corrected chi connectivity index (χ0v) is 7.95. The molecule has 1 aromatic rings. The van der Waals surface area contributed by atoms with Crippen molar-refractivity contribution in [1.29, 1.82) is 0 Å². The van der Waals surface area contributed by atoms with Crippen LogP contribution in [-0.2, 0) is 0 Å². The number of pyridine rings is 1. The maximum absolute atomic E-state index is 5.49. The van der Waals surface area contributed by atoms with E-state index < -0.39 is 0 Å². The third-order valence-electron chi connectivity index (χ3n) is 1.42.